The molecule has 36 heavy (non-hydrogen) atoms. The molecule has 0 unspecified atom stereocenters. The number of urea groups is 1. The van der Waals surface area contributed by atoms with Crippen molar-refractivity contribution in [1.82, 2.24) is 15.0 Å². The quantitative estimate of drug-likeness (QED) is 0.431. The number of amides is 2. The number of nitrogens with zero attached hydrogens (tertiary/aromatic N) is 3. The maximum atomic E-state index is 12.7. The van der Waals surface area contributed by atoms with Gasteiger partial charge in [0.25, 0.3) is 0 Å². The minimum absolute atomic E-state index is 0.0877. The Hall–Kier alpha value is -3.72. The Labute approximate surface area is 211 Å². The predicted octanol–water partition coefficient (Wildman–Crippen LogP) is 4.91. The Balaban J connectivity index is 1.25. The van der Waals surface area contributed by atoms with Gasteiger partial charge in [0.1, 0.15) is 23.3 Å². The Morgan fingerprint density at radius 1 is 1.11 bits per heavy atom. The molecule has 2 aromatic heterocycles. The van der Waals surface area contributed by atoms with E-state index in [-0.39, 0.29) is 23.7 Å². The number of aromatic nitrogens is 2. The van der Waals surface area contributed by atoms with Gasteiger partial charge in [-0.15, -0.1) is 0 Å². The van der Waals surface area contributed by atoms with Crippen LogP contribution in [0, 0.1) is 0 Å². The summed E-state index contributed by atoms with van der Waals surface area (Å²) >= 11 is 0. The van der Waals surface area contributed by atoms with Crippen molar-refractivity contribution in [3.05, 3.63) is 65.7 Å². The summed E-state index contributed by atoms with van der Waals surface area (Å²) in [6, 6.07) is 12.4. The molecule has 9 heteroatoms. The Morgan fingerprint density at radius 3 is 2.42 bits per heavy atom. The normalized spacial score (nSPS) is 14.4. The van der Waals surface area contributed by atoms with E-state index in [1.54, 1.807) is 48.7 Å². The van der Waals surface area contributed by atoms with Crippen molar-refractivity contribution in [2.75, 3.05) is 23.7 Å². The molecule has 2 amide bonds. The number of nitrogens with one attached hydrogen (secondary N) is 2. The van der Waals surface area contributed by atoms with Crippen LogP contribution in [-0.2, 0) is 11.8 Å². The second-order valence-corrected chi connectivity index (χ2v) is 10.4. The fourth-order valence-electron chi connectivity index (χ4n) is 3.72. The van der Waals surface area contributed by atoms with Crippen molar-refractivity contribution in [3.63, 3.8) is 0 Å². The zero-order valence-corrected chi connectivity index (χ0v) is 21.4. The fourth-order valence-corrected chi connectivity index (χ4v) is 3.72. The van der Waals surface area contributed by atoms with Gasteiger partial charge < -0.3 is 14.6 Å². The third-order valence-electron chi connectivity index (χ3n) is 6.00. The summed E-state index contributed by atoms with van der Waals surface area (Å²) < 4.78 is 11.2. The SMILES string of the molecule is CC(C)N1CC(Oc2ccc(C(=O)Cc3ccc(NC(=O)Nc4cc(C(C)(C)C)on4)cc3)nc2)C1. The average Bonchev–Trinajstić information content (AvgIpc) is 3.26. The van der Waals surface area contributed by atoms with Gasteiger partial charge in [0.2, 0.25) is 0 Å². The molecule has 9 nitrogen and oxygen atoms in total. The Bertz CT molecular complexity index is 1190. The van der Waals surface area contributed by atoms with Crippen molar-refractivity contribution >= 4 is 23.3 Å². The molecule has 2 N–H and O–H groups in total. The molecule has 1 fully saturated rings. The van der Waals surface area contributed by atoms with Crippen molar-refractivity contribution in [1.29, 1.82) is 0 Å². The van der Waals surface area contributed by atoms with Crippen LogP contribution >= 0.6 is 0 Å². The predicted molar refractivity (Wildman–Crippen MR) is 138 cm³/mol. The van der Waals surface area contributed by atoms with Gasteiger partial charge in [0, 0.05) is 42.7 Å². The van der Waals surface area contributed by atoms with Crippen LogP contribution in [0.3, 0.4) is 0 Å². The number of pyridine rings is 1. The van der Waals surface area contributed by atoms with E-state index in [1.165, 1.54) is 0 Å². The molecule has 1 aliphatic rings. The Kier molecular flexibility index (Phi) is 7.40. The van der Waals surface area contributed by atoms with Crippen LogP contribution in [-0.4, -0.2) is 52.1 Å². The molecule has 3 heterocycles. The zero-order chi connectivity index (χ0) is 25.9. The van der Waals surface area contributed by atoms with Gasteiger partial charge in [-0.2, -0.15) is 0 Å². The van der Waals surface area contributed by atoms with Gasteiger partial charge in [-0.25, -0.2) is 9.78 Å². The van der Waals surface area contributed by atoms with Gasteiger partial charge in [-0.05, 0) is 43.7 Å². The third-order valence-corrected chi connectivity index (χ3v) is 6.00. The molecule has 1 aromatic carbocycles. The molecule has 0 atom stereocenters. The summed E-state index contributed by atoms with van der Waals surface area (Å²) in [6.45, 7) is 12.1. The summed E-state index contributed by atoms with van der Waals surface area (Å²) in [5.41, 5.74) is 1.61. The summed E-state index contributed by atoms with van der Waals surface area (Å²) in [5.74, 6) is 1.61. The minimum atomic E-state index is -0.432. The lowest BCUT2D eigenvalue weighted by molar-refractivity contribution is -0.0000424. The summed E-state index contributed by atoms with van der Waals surface area (Å²) in [4.78, 5) is 31.6. The lowest BCUT2D eigenvalue weighted by Gasteiger charge is -2.41. The number of benzene rings is 1. The van der Waals surface area contributed by atoms with Gasteiger partial charge in [0.05, 0.1) is 6.20 Å². The van der Waals surface area contributed by atoms with E-state index in [0.717, 1.165) is 18.7 Å². The summed E-state index contributed by atoms with van der Waals surface area (Å²) in [7, 11) is 0. The highest BCUT2D eigenvalue weighted by atomic mass is 16.5. The lowest BCUT2D eigenvalue weighted by Crippen LogP contribution is -2.56. The fraction of sp³-hybridized carbons (Fsp3) is 0.407. The van der Waals surface area contributed by atoms with Crippen LogP contribution in [0.15, 0.2) is 53.2 Å². The highest BCUT2D eigenvalue weighted by molar-refractivity contribution is 5.99. The molecular weight excluding hydrogens is 458 g/mol. The first-order chi connectivity index (χ1) is 17.1. The minimum Gasteiger partial charge on any atom is -0.486 e. The summed E-state index contributed by atoms with van der Waals surface area (Å²) in [5, 5.41) is 9.27. The number of carbonyl (C=O) groups is 2. The standard InChI is InChI=1S/C27H33N5O4/c1-17(2)32-15-21(16-32)35-20-10-11-22(28-14-20)23(33)12-18-6-8-19(9-7-18)29-26(34)30-25-13-24(36-31-25)27(3,4)5/h6-11,13-14,17,21H,12,15-16H2,1-5H3,(H2,29,30,31,34). The maximum Gasteiger partial charge on any atom is 0.324 e. The number of ketones is 1. The van der Waals surface area contributed by atoms with Crippen molar-refractivity contribution in [2.45, 2.75) is 58.6 Å². The molecule has 0 aliphatic carbocycles. The molecule has 4 rings (SSSR count). The van der Waals surface area contributed by atoms with Crippen molar-refractivity contribution in [3.8, 4) is 5.75 Å². The summed E-state index contributed by atoms with van der Waals surface area (Å²) in [6.07, 6.45) is 1.98. The lowest BCUT2D eigenvalue weighted by atomic mass is 9.93. The van der Waals surface area contributed by atoms with E-state index in [0.29, 0.717) is 34.8 Å². The number of Topliss-reactive ketones (excluding diaryl/α,β-unsaturated/α-hetero) is 1. The van der Waals surface area contributed by atoms with E-state index >= 15 is 0 Å². The zero-order valence-electron chi connectivity index (χ0n) is 21.4. The Morgan fingerprint density at radius 2 is 1.83 bits per heavy atom. The second-order valence-electron chi connectivity index (χ2n) is 10.4. The van der Waals surface area contributed by atoms with E-state index in [9.17, 15) is 9.59 Å². The molecule has 0 bridgehead atoms. The van der Waals surface area contributed by atoms with Crippen molar-refractivity contribution < 1.29 is 18.8 Å². The number of carbonyl (C=O) groups excluding carboxylic acids is 2. The van der Waals surface area contributed by atoms with E-state index in [2.05, 4.69) is 39.5 Å². The number of hydrogen-bond acceptors (Lipinski definition) is 7. The number of likely N-dealkylation sites (tertiary alicyclic amines) is 1. The molecule has 3 aromatic rings. The topological polar surface area (TPSA) is 110 Å². The smallest absolute Gasteiger partial charge is 0.324 e. The number of anilines is 2. The van der Waals surface area contributed by atoms with Crippen LogP contribution in [0.5, 0.6) is 5.75 Å². The number of rotatable bonds is 8. The van der Waals surface area contributed by atoms with E-state index < -0.39 is 6.03 Å². The monoisotopic (exact) mass is 491 g/mol. The molecule has 0 saturated carbocycles. The first-order valence-corrected chi connectivity index (χ1v) is 12.1. The highest BCUT2D eigenvalue weighted by Gasteiger charge is 2.30. The number of hydrogen-bond donors (Lipinski definition) is 2. The van der Waals surface area contributed by atoms with Crippen LogP contribution in [0.4, 0.5) is 16.3 Å². The van der Waals surface area contributed by atoms with Crippen LogP contribution in [0.25, 0.3) is 0 Å². The van der Waals surface area contributed by atoms with E-state index in [1.807, 2.05) is 20.8 Å². The van der Waals surface area contributed by atoms with Crippen LogP contribution < -0.4 is 15.4 Å². The van der Waals surface area contributed by atoms with E-state index in [4.69, 9.17) is 9.26 Å². The third kappa shape index (κ3) is 6.48. The van der Waals surface area contributed by atoms with Crippen LogP contribution in [0.2, 0.25) is 0 Å². The van der Waals surface area contributed by atoms with Gasteiger partial charge in [0.15, 0.2) is 11.6 Å². The molecule has 1 aliphatic heterocycles. The highest BCUT2D eigenvalue weighted by Crippen LogP contribution is 2.24. The van der Waals surface area contributed by atoms with Gasteiger partial charge >= 0.3 is 6.03 Å². The first kappa shape index (κ1) is 25.4. The molecule has 0 radical (unpaired) electrons. The van der Waals surface area contributed by atoms with Crippen molar-refractivity contribution in [2.24, 2.45) is 0 Å². The molecule has 1 saturated heterocycles. The molecular formula is C27H33N5O4. The molecule has 0 spiro atoms. The average molecular weight is 492 g/mol. The van der Waals surface area contributed by atoms with Crippen LogP contribution in [0.1, 0.15) is 56.4 Å². The first-order valence-electron chi connectivity index (χ1n) is 12.1. The van der Waals surface area contributed by atoms with Gasteiger partial charge in [-0.1, -0.05) is 38.1 Å². The number of ether oxygens (including phenoxy) is 1. The van der Waals surface area contributed by atoms with Gasteiger partial charge in [-0.3, -0.25) is 15.0 Å². The molecule has 190 valence electrons. The largest absolute Gasteiger partial charge is 0.486 e. The second kappa shape index (κ2) is 10.5. The maximum absolute atomic E-state index is 12.7.